The molecule has 0 bridgehead atoms. The SMILES string of the molecule is CCNC(=NCc1ccc(Oc2cccc(OC)c2)nc1)NC1CC=CC1.I. The zero-order valence-electron chi connectivity index (χ0n) is 16.2. The van der Waals surface area contributed by atoms with Crippen molar-refractivity contribution in [3.63, 3.8) is 0 Å². The summed E-state index contributed by atoms with van der Waals surface area (Å²) in [4.78, 5) is 9.03. The highest BCUT2D eigenvalue weighted by Gasteiger charge is 2.11. The Morgan fingerprint density at radius 1 is 1.18 bits per heavy atom. The second kappa shape index (κ2) is 11.5. The molecule has 0 saturated heterocycles. The van der Waals surface area contributed by atoms with Crippen molar-refractivity contribution in [1.82, 2.24) is 15.6 Å². The van der Waals surface area contributed by atoms with Crippen molar-refractivity contribution in [2.45, 2.75) is 32.4 Å². The summed E-state index contributed by atoms with van der Waals surface area (Å²) in [6.45, 7) is 3.45. The predicted octanol–water partition coefficient (Wildman–Crippen LogP) is 4.27. The zero-order valence-corrected chi connectivity index (χ0v) is 18.6. The number of ether oxygens (including phenoxy) is 2. The van der Waals surface area contributed by atoms with Gasteiger partial charge in [-0.15, -0.1) is 24.0 Å². The first-order valence-corrected chi connectivity index (χ1v) is 9.23. The third-order valence-corrected chi connectivity index (χ3v) is 4.17. The molecule has 150 valence electrons. The van der Waals surface area contributed by atoms with Crippen LogP contribution in [0, 0.1) is 0 Å². The van der Waals surface area contributed by atoms with Gasteiger partial charge in [0.15, 0.2) is 5.96 Å². The largest absolute Gasteiger partial charge is 0.497 e. The molecule has 0 amide bonds. The minimum Gasteiger partial charge on any atom is -0.497 e. The molecule has 2 N–H and O–H groups in total. The quantitative estimate of drug-likeness (QED) is 0.261. The average Bonchev–Trinajstić information content (AvgIpc) is 3.21. The molecule has 7 heteroatoms. The van der Waals surface area contributed by atoms with E-state index in [9.17, 15) is 0 Å². The van der Waals surface area contributed by atoms with Crippen LogP contribution in [-0.4, -0.2) is 30.6 Å². The molecular formula is C21H27IN4O2. The highest BCUT2D eigenvalue weighted by molar-refractivity contribution is 14.0. The van der Waals surface area contributed by atoms with E-state index in [-0.39, 0.29) is 24.0 Å². The number of nitrogens with one attached hydrogen (secondary N) is 2. The Labute approximate surface area is 183 Å². The van der Waals surface area contributed by atoms with Crippen molar-refractivity contribution in [1.29, 1.82) is 0 Å². The first-order valence-electron chi connectivity index (χ1n) is 9.23. The summed E-state index contributed by atoms with van der Waals surface area (Å²) in [7, 11) is 1.63. The Morgan fingerprint density at radius 2 is 1.96 bits per heavy atom. The van der Waals surface area contributed by atoms with Crippen LogP contribution >= 0.6 is 24.0 Å². The molecule has 1 heterocycles. The predicted molar refractivity (Wildman–Crippen MR) is 123 cm³/mol. The van der Waals surface area contributed by atoms with Gasteiger partial charge in [-0.2, -0.15) is 0 Å². The molecule has 0 aliphatic heterocycles. The molecular weight excluding hydrogens is 467 g/mol. The van der Waals surface area contributed by atoms with Crippen LogP contribution in [0.5, 0.6) is 17.4 Å². The van der Waals surface area contributed by atoms with Crippen LogP contribution in [0.3, 0.4) is 0 Å². The maximum Gasteiger partial charge on any atom is 0.219 e. The smallest absolute Gasteiger partial charge is 0.219 e. The third-order valence-electron chi connectivity index (χ3n) is 4.17. The first-order chi connectivity index (χ1) is 13.3. The van der Waals surface area contributed by atoms with Crippen LogP contribution in [0.15, 0.2) is 59.7 Å². The summed E-state index contributed by atoms with van der Waals surface area (Å²) in [5, 5.41) is 6.75. The number of rotatable bonds is 7. The molecule has 6 nitrogen and oxygen atoms in total. The standard InChI is InChI=1S/C21H26N4O2.HI/c1-3-22-21(25-17-7-4-5-8-17)24-15-16-11-12-20(23-14-16)27-19-10-6-9-18(13-19)26-2;/h4-6,9-14,17H,3,7-8,15H2,1-2H3,(H2,22,24,25);1H. The van der Waals surface area contributed by atoms with Gasteiger partial charge in [0, 0.05) is 30.9 Å². The van der Waals surface area contributed by atoms with Gasteiger partial charge < -0.3 is 20.1 Å². The normalized spacial score (nSPS) is 13.7. The number of hydrogen-bond donors (Lipinski definition) is 2. The van der Waals surface area contributed by atoms with E-state index < -0.39 is 0 Å². The zero-order chi connectivity index (χ0) is 18.9. The van der Waals surface area contributed by atoms with Crippen LogP contribution in [0.1, 0.15) is 25.3 Å². The number of guanidine groups is 1. The van der Waals surface area contributed by atoms with Crippen molar-refractivity contribution in [3.8, 4) is 17.4 Å². The molecule has 1 aromatic carbocycles. The first kappa shape index (κ1) is 22.0. The van der Waals surface area contributed by atoms with Crippen molar-refractivity contribution >= 4 is 29.9 Å². The molecule has 28 heavy (non-hydrogen) atoms. The number of hydrogen-bond acceptors (Lipinski definition) is 4. The highest BCUT2D eigenvalue weighted by atomic mass is 127. The molecule has 0 radical (unpaired) electrons. The Bertz CT molecular complexity index is 785. The van der Waals surface area contributed by atoms with Gasteiger partial charge in [0.05, 0.1) is 13.7 Å². The van der Waals surface area contributed by atoms with Crippen molar-refractivity contribution in [2.75, 3.05) is 13.7 Å². The Morgan fingerprint density at radius 3 is 2.64 bits per heavy atom. The van der Waals surface area contributed by atoms with Crippen LogP contribution in [-0.2, 0) is 6.54 Å². The molecule has 0 unspecified atom stereocenters. The lowest BCUT2D eigenvalue weighted by Crippen LogP contribution is -2.42. The van der Waals surface area contributed by atoms with Gasteiger partial charge in [-0.05, 0) is 37.5 Å². The van der Waals surface area contributed by atoms with Gasteiger partial charge in [-0.25, -0.2) is 9.98 Å². The fraction of sp³-hybridized carbons (Fsp3) is 0.333. The second-order valence-corrected chi connectivity index (χ2v) is 6.26. The number of nitrogens with zero attached hydrogens (tertiary/aromatic N) is 2. The summed E-state index contributed by atoms with van der Waals surface area (Å²) in [6, 6.07) is 11.7. The Kier molecular flexibility index (Phi) is 9.06. The van der Waals surface area contributed by atoms with Gasteiger partial charge in [-0.3, -0.25) is 0 Å². The van der Waals surface area contributed by atoms with Gasteiger partial charge in [0.1, 0.15) is 11.5 Å². The summed E-state index contributed by atoms with van der Waals surface area (Å²) in [5.74, 6) is 2.82. The summed E-state index contributed by atoms with van der Waals surface area (Å²) >= 11 is 0. The van der Waals surface area contributed by atoms with Crippen LogP contribution in [0.2, 0.25) is 0 Å². The molecule has 2 aromatic rings. The average molecular weight is 494 g/mol. The summed E-state index contributed by atoms with van der Waals surface area (Å²) < 4.78 is 11.0. The van der Waals surface area contributed by atoms with E-state index in [2.05, 4.69) is 39.7 Å². The lowest BCUT2D eigenvalue weighted by molar-refractivity contribution is 0.407. The lowest BCUT2D eigenvalue weighted by atomic mass is 10.2. The number of aliphatic imine (C=N–C) groups is 1. The van der Waals surface area contributed by atoms with Gasteiger partial charge in [0.2, 0.25) is 5.88 Å². The van der Waals surface area contributed by atoms with E-state index in [0.717, 1.165) is 36.7 Å². The third kappa shape index (κ3) is 6.70. The Balaban J connectivity index is 0.00000280. The van der Waals surface area contributed by atoms with E-state index >= 15 is 0 Å². The van der Waals surface area contributed by atoms with Crippen molar-refractivity contribution < 1.29 is 9.47 Å². The minimum absolute atomic E-state index is 0. The molecule has 0 spiro atoms. The van der Waals surface area contributed by atoms with Crippen LogP contribution < -0.4 is 20.1 Å². The number of methoxy groups -OCH3 is 1. The fourth-order valence-electron chi connectivity index (χ4n) is 2.77. The molecule has 1 aromatic heterocycles. The summed E-state index contributed by atoms with van der Waals surface area (Å²) in [5.41, 5.74) is 1.02. The van der Waals surface area contributed by atoms with E-state index in [1.54, 1.807) is 13.3 Å². The molecule has 1 aliphatic rings. The molecule has 1 aliphatic carbocycles. The van der Waals surface area contributed by atoms with E-state index in [4.69, 9.17) is 9.47 Å². The van der Waals surface area contributed by atoms with Gasteiger partial charge in [0.25, 0.3) is 0 Å². The second-order valence-electron chi connectivity index (χ2n) is 6.26. The van der Waals surface area contributed by atoms with Gasteiger partial charge >= 0.3 is 0 Å². The molecule has 3 rings (SSSR count). The topological polar surface area (TPSA) is 67.8 Å². The number of aromatic nitrogens is 1. The molecule has 0 atom stereocenters. The van der Waals surface area contributed by atoms with Crippen molar-refractivity contribution in [2.24, 2.45) is 4.99 Å². The summed E-state index contributed by atoms with van der Waals surface area (Å²) in [6.07, 6.45) is 8.28. The monoisotopic (exact) mass is 494 g/mol. The number of halogens is 1. The van der Waals surface area contributed by atoms with E-state index in [1.807, 2.05) is 36.4 Å². The minimum atomic E-state index is 0. The number of benzene rings is 1. The highest BCUT2D eigenvalue weighted by Crippen LogP contribution is 2.23. The number of pyridine rings is 1. The maximum atomic E-state index is 5.77. The Hall–Kier alpha value is -2.29. The molecule has 0 fully saturated rings. The molecule has 0 saturated carbocycles. The maximum absolute atomic E-state index is 5.77. The van der Waals surface area contributed by atoms with Crippen LogP contribution in [0.4, 0.5) is 0 Å². The van der Waals surface area contributed by atoms with Crippen LogP contribution in [0.25, 0.3) is 0 Å². The van der Waals surface area contributed by atoms with Crippen molar-refractivity contribution in [3.05, 3.63) is 60.3 Å². The van der Waals surface area contributed by atoms with Gasteiger partial charge in [-0.1, -0.05) is 24.3 Å². The fourth-order valence-corrected chi connectivity index (χ4v) is 2.77. The lowest BCUT2D eigenvalue weighted by Gasteiger charge is -2.16. The van der Waals surface area contributed by atoms with E-state index in [1.165, 1.54) is 0 Å². The van der Waals surface area contributed by atoms with E-state index in [0.29, 0.717) is 24.2 Å².